The second kappa shape index (κ2) is 8.87. The molecule has 0 saturated carbocycles. The Labute approximate surface area is 191 Å². The third kappa shape index (κ3) is 4.22. The molecule has 4 aromatic rings. The molecule has 1 fully saturated rings. The van der Waals surface area contributed by atoms with Crippen LogP contribution in [-0.2, 0) is 7.05 Å². The number of aryl methyl sites for hydroxylation is 1. The maximum absolute atomic E-state index is 13.7. The van der Waals surface area contributed by atoms with Crippen LogP contribution in [-0.4, -0.2) is 49.7 Å². The van der Waals surface area contributed by atoms with Crippen LogP contribution in [0.2, 0.25) is 0 Å². The lowest BCUT2D eigenvalue weighted by Crippen LogP contribution is -2.49. The Morgan fingerprint density at radius 2 is 2.03 bits per heavy atom. The highest BCUT2D eigenvalue weighted by atomic mass is 16.3. The molecule has 0 aliphatic carbocycles. The Hall–Kier alpha value is -3.98. The number of rotatable bonds is 5. The number of carbonyl (C=O) groups excluding carboxylic acids is 1. The molecule has 9 heteroatoms. The van der Waals surface area contributed by atoms with Gasteiger partial charge in [-0.1, -0.05) is 0 Å². The number of hydrogen-bond acceptors (Lipinski definition) is 7. The average molecular weight is 444 g/mol. The maximum atomic E-state index is 13.7. The van der Waals surface area contributed by atoms with Gasteiger partial charge in [-0.25, -0.2) is 15.0 Å². The average Bonchev–Trinajstić information content (AvgIpc) is 3.21. The van der Waals surface area contributed by atoms with E-state index in [1.807, 2.05) is 29.9 Å². The fourth-order valence-corrected chi connectivity index (χ4v) is 4.25. The van der Waals surface area contributed by atoms with E-state index < -0.39 is 0 Å². The van der Waals surface area contributed by atoms with Crippen LogP contribution in [0.4, 0.5) is 17.2 Å². The number of phenolic OH excluding ortho intramolecular Hbond substituents is 1. The summed E-state index contributed by atoms with van der Waals surface area (Å²) in [6.07, 6.45) is 10.3. The van der Waals surface area contributed by atoms with Crippen molar-refractivity contribution < 1.29 is 9.90 Å². The lowest BCUT2D eigenvalue weighted by Gasteiger charge is -2.34. The van der Waals surface area contributed by atoms with Crippen molar-refractivity contribution in [3.63, 3.8) is 0 Å². The van der Waals surface area contributed by atoms with Crippen LogP contribution in [0, 0.1) is 0 Å². The summed E-state index contributed by atoms with van der Waals surface area (Å²) >= 11 is 0. The molecule has 0 radical (unpaired) electrons. The first-order chi connectivity index (χ1) is 16.1. The van der Waals surface area contributed by atoms with E-state index in [-0.39, 0.29) is 23.3 Å². The summed E-state index contributed by atoms with van der Waals surface area (Å²) in [5.74, 6) is 0.199. The molecule has 0 bridgehead atoms. The highest BCUT2D eigenvalue weighted by Crippen LogP contribution is 2.30. The van der Waals surface area contributed by atoms with Crippen LogP contribution in [0.15, 0.2) is 61.4 Å². The van der Waals surface area contributed by atoms with Crippen molar-refractivity contribution in [1.29, 1.82) is 0 Å². The third-order valence-corrected chi connectivity index (χ3v) is 5.94. The van der Waals surface area contributed by atoms with Crippen molar-refractivity contribution in [3.8, 4) is 5.75 Å². The molecule has 1 aliphatic heterocycles. The van der Waals surface area contributed by atoms with E-state index in [4.69, 9.17) is 0 Å². The Balaban J connectivity index is 1.48. The van der Waals surface area contributed by atoms with E-state index in [1.165, 1.54) is 12.4 Å². The summed E-state index contributed by atoms with van der Waals surface area (Å²) in [6.45, 7) is 1.60. The van der Waals surface area contributed by atoms with Crippen molar-refractivity contribution in [2.24, 2.45) is 7.05 Å². The number of nitrogens with zero attached hydrogens (tertiary/aromatic N) is 5. The number of carbonyl (C=O) groups is 1. The fraction of sp³-hybridized carbons (Fsp3) is 0.250. The van der Waals surface area contributed by atoms with E-state index in [0.717, 1.165) is 30.3 Å². The number of hydrogen-bond donors (Lipinski definition) is 3. The maximum Gasteiger partial charge on any atom is 0.263 e. The number of fused-ring (bicyclic) bond motifs is 1. The molecule has 33 heavy (non-hydrogen) atoms. The number of amides is 1. The zero-order chi connectivity index (χ0) is 22.8. The largest absolute Gasteiger partial charge is 0.507 e. The minimum atomic E-state index is -0.279. The van der Waals surface area contributed by atoms with Gasteiger partial charge in [0.25, 0.3) is 5.91 Å². The molecular weight excluding hydrogens is 418 g/mol. The number of phenols is 1. The van der Waals surface area contributed by atoms with E-state index in [2.05, 4.69) is 25.6 Å². The third-order valence-electron chi connectivity index (χ3n) is 5.94. The van der Waals surface area contributed by atoms with Crippen molar-refractivity contribution in [3.05, 3.63) is 67.0 Å². The molecule has 9 nitrogen and oxygen atoms in total. The van der Waals surface area contributed by atoms with Gasteiger partial charge in [-0.3, -0.25) is 9.69 Å². The van der Waals surface area contributed by atoms with Gasteiger partial charge < -0.3 is 20.3 Å². The number of pyridine rings is 1. The highest BCUT2D eigenvalue weighted by Gasteiger charge is 2.30. The zero-order valence-electron chi connectivity index (χ0n) is 18.3. The molecule has 0 spiro atoms. The lowest BCUT2D eigenvalue weighted by atomic mass is 10.0. The first-order valence-electron chi connectivity index (χ1n) is 10.9. The number of nitrogens with one attached hydrogen (secondary N) is 2. The smallest absolute Gasteiger partial charge is 0.263 e. The van der Waals surface area contributed by atoms with Crippen LogP contribution in [0.1, 0.15) is 23.2 Å². The number of piperidine rings is 1. The Kier molecular flexibility index (Phi) is 5.62. The topological polar surface area (TPSA) is 108 Å². The monoisotopic (exact) mass is 443 g/mol. The van der Waals surface area contributed by atoms with Crippen LogP contribution >= 0.6 is 0 Å². The van der Waals surface area contributed by atoms with E-state index in [9.17, 15) is 9.90 Å². The molecule has 1 aromatic carbocycles. The van der Waals surface area contributed by atoms with Gasteiger partial charge in [-0.05, 0) is 43.7 Å². The Morgan fingerprint density at radius 3 is 2.79 bits per heavy atom. The van der Waals surface area contributed by atoms with E-state index in [0.29, 0.717) is 23.7 Å². The van der Waals surface area contributed by atoms with Gasteiger partial charge in [0.15, 0.2) is 0 Å². The predicted molar refractivity (Wildman–Crippen MR) is 127 cm³/mol. The second-order valence-corrected chi connectivity index (χ2v) is 8.19. The Bertz CT molecular complexity index is 1280. The van der Waals surface area contributed by atoms with Crippen molar-refractivity contribution in [2.75, 3.05) is 23.3 Å². The fourth-order valence-electron chi connectivity index (χ4n) is 4.25. The lowest BCUT2D eigenvalue weighted by molar-refractivity contribution is 0.0969. The number of aromatic hydroxyl groups is 1. The first-order valence-corrected chi connectivity index (χ1v) is 10.9. The SMILES string of the molecule is Cn1ccc2cc(N(C(=O)c3ccc(Nc4cncnc4)cc3O)[C@@H]3CCCNC3)ncc21. The van der Waals surface area contributed by atoms with E-state index >= 15 is 0 Å². The summed E-state index contributed by atoms with van der Waals surface area (Å²) in [5.41, 5.74) is 2.54. The number of benzene rings is 1. The first kappa shape index (κ1) is 20.9. The summed E-state index contributed by atoms with van der Waals surface area (Å²) in [7, 11) is 1.97. The Morgan fingerprint density at radius 1 is 1.18 bits per heavy atom. The molecule has 1 aliphatic rings. The zero-order valence-corrected chi connectivity index (χ0v) is 18.3. The standard InChI is InChI=1S/C24H25N7O2/c1-30-8-6-16-9-23(28-14-21(16)30)31(19-3-2-7-25-13-19)24(33)20-5-4-17(10-22(20)32)29-18-11-26-15-27-12-18/h4-6,8-12,14-15,19,25,29,32H,2-3,7,13H2,1H3/t19-/m1/s1. The molecule has 168 valence electrons. The summed E-state index contributed by atoms with van der Waals surface area (Å²) in [4.78, 5) is 28.0. The van der Waals surface area contributed by atoms with Crippen LogP contribution in [0.25, 0.3) is 10.9 Å². The van der Waals surface area contributed by atoms with Gasteiger partial charge in [-0.2, -0.15) is 0 Å². The van der Waals surface area contributed by atoms with Gasteiger partial charge in [0.1, 0.15) is 17.9 Å². The van der Waals surface area contributed by atoms with Crippen molar-refractivity contribution >= 4 is 34.0 Å². The van der Waals surface area contributed by atoms with Crippen LogP contribution in [0.3, 0.4) is 0 Å². The molecule has 1 atom stereocenters. The molecule has 3 aromatic heterocycles. The summed E-state index contributed by atoms with van der Waals surface area (Å²) in [6, 6.07) is 8.81. The molecular formula is C24H25N7O2. The minimum absolute atomic E-state index is 0.0569. The summed E-state index contributed by atoms with van der Waals surface area (Å²) in [5, 5.41) is 18.3. The van der Waals surface area contributed by atoms with Gasteiger partial charge in [0.05, 0.1) is 41.4 Å². The van der Waals surface area contributed by atoms with Gasteiger partial charge in [-0.15, -0.1) is 0 Å². The molecule has 1 saturated heterocycles. The van der Waals surface area contributed by atoms with Crippen molar-refractivity contribution in [1.82, 2.24) is 24.8 Å². The summed E-state index contributed by atoms with van der Waals surface area (Å²) < 4.78 is 2.00. The quantitative estimate of drug-likeness (QED) is 0.435. The molecule has 0 unspecified atom stereocenters. The van der Waals surface area contributed by atoms with Crippen molar-refractivity contribution in [2.45, 2.75) is 18.9 Å². The normalized spacial score (nSPS) is 16.0. The van der Waals surface area contributed by atoms with Gasteiger partial charge >= 0.3 is 0 Å². The molecule has 1 amide bonds. The van der Waals surface area contributed by atoms with Gasteiger partial charge in [0, 0.05) is 36.9 Å². The molecule has 3 N–H and O–H groups in total. The number of aromatic nitrogens is 4. The minimum Gasteiger partial charge on any atom is -0.507 e. The second-order valence-electron chi connectivity index (χ2n) is 8.19. The molecule has 5 rings (SSSR count). The predicted octanol–water partition coefficient (Wildman–Crippen LogP) is 3.21. The number of anilines is 3. The van der Waals surface area contributed by atoms with E-state index in [1.54, 1.807) is 35.6 Å². The van der Waals surface area contributed by atoms with Crippen LogP contribution < -0.4 is 15.5 Å². The molecule has 4 heterocycles. The van der Waals surface area contributed by atoms with Gasteiger partial charge in [0.2, 0.25) is 0 Å². The van der Waals surface area contributed by atoms with Crippen LogP contribution in [0.5, 0.6) is 5.75 Å². The highest BCUT2D eigenvalue weighted by molar-refractivity contribution is 6.08.